The number of aliphatic carboxylic acids is 1. The third-order valence-corrected chi connectivity index (χ3v) is 8.07. The van der Waals surface area contributed by atoms with E-state index < -0.39 is 33.4 Å². The number of nitrogen functional groups attached to an aromatic ring is 1. The van der Waals surface area contributed by atoms with Crippen LogP contribution in [0.5, 0.6) is 0 Å². The van der Waals surface area contributed by atoms with Gasteiger partial charge in [-0.1, -0.05) is 43.3 Å². The Hall–Kier alpha value is -5.13. The third kappa shape index (κ3) is 11.3. The Morgan fingerprint density at radius 2 is 1.68 bits per heavy atom. The molecule has 0 aliphatic carbocycles. The molecule has 0 unspecified atom stereocenters. The molecule has 0 fully saturated rings. The van der Waals surface area contributed by atoms with Gasteiger partial charge in [-0.05, 0) is 43.5 Å². The maximum atomic E-state index is 13.4. The highest BCUT2D eigenvalue weighted by Crippen LogP contribution is 2.27. The van der Waals surface area contributed by atoms with E-state index in [1.54, 1.807) is 38.1 Å². The van der Waals surface area contributed by atoms with E-state index in [9.17, 15) is 31.2 Å². The number of amidine groups is 1. The topological polar surface area (TPSA) is 232 Å². The van der Waals surface area contributed by atoms with E-state index in [0.29, 0.717) is 11.1 Å². The summed E-state index contributed by atoms with van der Waals surface area (Å²) in [4.78, 5) is 39.6. The first-order chi connectivity index (χ1) is 21.7. The zero-order chi connectivity index (χ0) is 35.7. The number of benzene rings is 2. The molecular formula is C29H36F3N7O7S. The van der Waals surface area contributed by atoms with E-state index >= 15 is 0 Å². The molecule has 0 aliphatic heterocycles. The standard InChI is InChI=1S/C27H35N7O5S.C2HF3O2/c1-16(2)15-40(38,39)22-10-20(9-21(28)11-22)23-13-31-26(32-17(3)4)27(36)34(23)14-24(35)30-12-18-5-7-19(8-6-18)25(29)33-37;3-2(4,5)1(6)7/h5-11,13,16-17,37H,12,14-15,28H2,1-4H3,(H2,29,33)(H,30,35)(H,31,32);(H,6,7). The lowest BCUT2D eigenvalue weighted by molar-refractivity contribution is -0.192. The van der Waals surface area contributed by atoms with Gasteiger partial charge in [-0.2, -0.15) is 13.2 Å². The summed E-state index contributed by atoms with van der Waals surface area (Å²) >= 11 is 0. The van der Waals surface area contributed by atoms with Crippen LogP contribution in [0.4, 0.5) is 24.7 Å². The SMILES string of the molecule is CC(C)CS(=O)(=O)c1cc(N)cc(-c2cnc(NC(C)C)c(=O)n2CC(=O)NCc2ccc(/C(N)=N/O)cc2)c1.O=C(O)C(F)(F)F. The van der Waals surface area contributed by atoms with Crippen LogP contribution in [0, 0.1) is 5.92 Å². The lowest BCUT2D eigenvalue weighted by Crippen LogP contribution is -2.35. The molecule has 1 aromatic heterocycles. The maximum Gasteiger partial charge on any atom is 0.490 e. The number of hydrogen-bond donors (Lipinski definition) is 6. The van der Waals surface area contributed by atoms with Crippen molar-refractivity contribution in [2.24, 2.45) is 16.8 Å². The number of nitrogens with zero attached hydrogens (tertiary/aromatic N) is 3. The van der Waals surface area contributed by atoms with Crippen LogP contribution in [0.15, 0.2) is 63.5 Å². The predicted molar refractivity (Wildman–Crippen MR) is 168 cm³/mol. The van der Waals surface area contributed by atoms with Crippen molar-refractivity contribution in [2.45, 2.75) is 57.9 Å². The zero-order valence-corrected chi connectivity index (χ0v) is 26.7. The molecule has 0 saturated carbocycles. The van der Waals surface area contributed by atoms with E-state index in [-0.39, 0.29) is 58.7 Å². The Morgan fingerprint density at radius 1 is 1.09 bits per heavy atom. The number of rotatable bonds is 11. The van der Waals surface area contributed by atoms with E-state index in [1.165, 1.54) is 29.0 Å². The van der Waals surface area contributed by atoms with E-state index in [0.717, 1.165) is 5.56 Å². The number of halogens is 3. The van der Waals surface area contributed by atoms with Gasteiger partial charge in [0.25, 0.3) is 5.56 Å². The van der Waals surface area contributed by atoms with Crippen molar-refractivity contribution in [1.29, 1.82) is 0 Å². The summed E-state index contributed by atoms with van der Waals surface area (Å²) in [6, 6.07) is 11.0. The van der Waals surface area contributed by atoms with Crippen LogP contribution >= 0.6 is 0 Å². The van der Waals surface area contributed by atoms with Crippen molar-refractivity contribution in [3.05, 3.63) is 70.1 Å². The quantitative estimate of drug-likeness (QED) is 0.0565. The minimum absolute atomic E-state index is 0.0272. The van der Waals surface area contributed by atoms with Crippen LogP contribution in [0.1, 0.15) is 38.8 Å². The predicted octanol–water partition coefficient (Wildman–Crippen LogP) is 2.79. The highest BCUT2D eigenvalue weighted by molar-refractivity contribution is 7.91. The molecule has 2 aromatic carbocycles. The van der Waals surface area contributed by atoms with E-state index in [4.69, 9.17) is 26.6 Å². The number of aromatic nitrogens is 2. The Morgan fingerprint density at radius 3 is 2.19 bits per heavy atom. The second kappa shape index (κ2) is 15.9. The Balaban J connectivity index is 0.000000984. The second-order valence-electron chi connectivity index (χ2n) is 10.9. The van der Waals surface area contributed by atoms with E-state index in [1.807, 2.05) is 13.8 Å². The number of carboxylic acids is 1. The first-order valence-electron chi connectivity index (χ1n) is 13.9. The summed E-state index contributed by atoms with van der Waals surface area (Å²) in [5.74, 6) is -3.36. The van der Waals surface area contributed by atoms with Gasteiger partial charge >= 0.3 is 12.1 Å². The number of carbonyl (C=O) groups excluding carboxylic acids is 1. The maximum absolute atomic E-state index is 13.4. The molecule has 0 aliphatic rings. The van der Waals surface area contributed by atoms with Crippen molar-refractivity contribution in [1.82, 2.24) is 14.9 Å². The lowest BCUT2D eigenvalue weighted by Gasteiger charge is -2.17. The van der Waals surface area contributed by atoms with Crippen molar-refractivity contribution in [3.8, 4) is 11.3 Å². The number of sulfone groups is 1. The van der Waals surface area contributed by atoms with Gasteiger partial charge in [0.1, 0.15) is 6.54 Å². The Labute approximate surface area is 268 Å². The minimum atomic E-state index is -5.08. The van der Waals surface area contributed by atoms with Crippen LogP contribution in [-0.4, -0.2) is 64.0 Å². The summed E-state index contributed by atoms with van der Waals surface area (Å²) in [6.07, 6.45) is -3.67. The van der Waals surface area contributed by atoms with Crippen molar-refractivity contribution < 1.29 is 41.5 Å². The summed E-state index contributed by atoms with van der Waals surface area (Å²) in [5, 5.41) is 24.6. The van der Waals surface area contributed by atoms with Gasteiger partial charge in [-0.15, -0.1) is 0 Å². The summed E-state index contributed by atoms with van der Waals surface area (Å²) in [6.45, 7) is 7.12. The molecule has 0 radical (unpaired) electrons. The normalized spacial score (nSPS) is 12.0. The molecule has 8 N–H and O–H groups in total. The largest absolute Gasteiger partial charge is 0.490 e. The van der Waals surface area contributed by atoms with Crippen molar-refractivity contribution in [3.63, 3.8) is 0 Å². The number of carboxylic acid groups (broad SMARTS) is 1. The lowest BCUT2D eigenvalue weighted by atomic mass is 10.1. The molecule has 47 heavy (non-hydrogen) atoms. The Bertz CT molecular complexity index is 1770. The molecule has 0 atom stereocenters. The Kier molecular flexibility index (Phi) is 12.9. The van der Waals surface area contributed by atoms with Crippen LogP contribution < -0.4 is 27.7 Å². The van der Waals surface area contributed by atoms with Crippen molar-refractivity contribution >= 4 is 39.1 Å². The van der Waals surface area contributed by atoms with Gasteiger partial charge in [0.15, 0.2) is 21.5 Å². The van der Waals surface area contributed by atoms with Crippen LogP contribution in [0.2, 0.25) is 0 Å². The molecule has 1 heterocycles. The van der Waals surface area contributed by atoms with Gasteiger partial charge in [-0.3, -0.25) is 14.2 Å². The highest BCUT2D eigenvalue weighted by Gasteiger charge is 2.38. The molecule has 3 rings (SSSR count). The number of nitrogens with two attached hydrogens (primary N) is 2. The van der Waals surface area contributed by atoms with Gasteiger partial charge < -0.3 is 32.4 Å². The fourth-order valence-corrected chi connectivity index (χ4v) is 5.68. The number of anilines is 2. The van der Waals surface area contributed by atoms with Gasteiger partial charge in [0.05, 0.1) is 22.5 Å². The average molecular weight is 684 g/mol. The number of amides is 1. The number of oxime groups is 1. The third-order valence-electron chi connectivity index (χ3n) is 6.01. The number of alkyl halides is 3. The number of nitrogens with one attached hydrogen (secondary N) is 2. The molecule has 1 amide bonds. The fourth-order valence-electron chi connectivity index (χ4n) is 3.98. The number of hydrogen-bond acceptors (Lipinski definition) is 10. The second-order valence-corrected chi connectivity index (χ2v) is 12.9. The van der Waals surface area contributed by atoms with Gasteiger partial charge in [0.2, 0.25) is 5.91 Å². The molecule has 0 spiro atoms. The summed E-state index contributed by atoms with van der Waals surface area (Å²) in [7, 11) is -3.64. The molecule has 0 saturated heterocycles. The van der Waals surface area contributed by atoms with Gasteiger partial charge in [0, 0.05) is 29.4 Å². The summed E-state index contributed by atoms with van der Waals surface area (Å²) < 4.78 is 58.9. The first-order valence-corrected chi connectivity index (χ1v) is 15.5. The van der Waals surface area contributed by atoms with Crippen molar-refractivity contribution in [2.75, 3.05) is 16.8 Å². The van der Waals surface area contributed by atoms with E-state index in [2.05, 4.69) is 20.8 Å². The molecular weight excluding hydrogens is 647 g/mol. The van der Waals surface area contributed by atoms with Gasteiger partial charge in [-0.25, -0.2) is 18.2 Å². The van der Waals surface area contributed by atoms with Crippen LogP contribution in [-0.2, 0) is 32.5 Å². The molecule has 256 valence electrons. The molecule has 3 aromatic rings. The fraction of sp³-hybridized carbons (Fsp3) is 0.345. The van der Waals surface area contributed by atoms with Crippen LogP contribution in [0.25, 0.3) is 11.3 Å². The summed E-state index contributed by atoms with van der Waals surface area (Å²) in [5.41, 5.74) is 13.2. The smallest absolute Gasteiger partial charge is 0.475 e. The molecule has 14 nitrogen and oxygen atoms in total. The monoisotopic (exact) mass is 683 g/mol. The minimum Gasteiger partial charge on any atom is -0.475 e. The molecule has 0 bridgehead atoms. The zero-order valence-electron chi connectivity index (χ0n) is 25.9. The molecule has 18 heteroatoms. The average Bonchev–Trinajstić information content (AvgIpc) is 2.96. The number of carbonyl (C=O) groups is 2. The van der Waals surface area contributed by atoms with Crippen LogP contribution in [0.3, 0.4) is 0 Å². The highest BCUT2D eigenvalue weighted by atomic mass is 32.2. The first kappa shape index (κ1) is 38.1.